The summed E-state index contributed by atoms with van der Waals surface area (Å²) in [4.78, 5) is 14.7. The van der Waals surface area contributed by atoms with Gasteiger partial charge in [0.05, 0.1) is 11.0 Å². The molecule has 0 radical (unpaired) electrons. The molecule has 3 aromatic carbocycles. The highest BCUT2D eigenvalue weighted by molar-refractivity contribution is 5.82. The minimum Gasteiger partial charge on any atom is -0.457 e. The van der Waals surface area contributed by atoms with Gasteiger partial charge in [-0.3, -0.25) is 9.88 Å². The highest BCUT2D eigenvalue weighted by Crippen LogP contribution is 2.41. The molecule has 1 fully saturated rings. The summed E-state index contributed by atoms with van der Waals surface area (Å²) in [6, 6.07) is 23.9. The van der Waals surface area contributed by atoms with Gasteiger partial charge in [0.15, 0.2) is 5.82 Å². The second-order valence-corrected chi connectivity index (χ2v) is 9.75. The maximum Gasteiger partial charge on any atom is 0.157 e. The third-order valence-electron chi connectivity index (χ3n) is 7.21. The van der Waals surface area contributed by atoms with Crippen LogP contribution in [0.15, 0.2) is 85.1 Å². The average molecular weight is 524 g/mol. The van der Waals surface area contributed by atoms with Gasteiger partial charge in [-0.1, -0.05) is 36.4 Å². The quantitative estimate of drug-likeness (QED) is 0.235. The van der Waals surface area contributed by atoms with Crippen LogP contribution in [0.2, 0.25) is 0 Å². The molecule has 0 aliphatic carbocycles. The lowest BCUT2D eigenvalue weighted by Crippen LogP contribution is -2.41. The third-order valence-corrected chi connectivity index (χ3v) is 7.21. The predicted octanol–water partition coefficient (Wildman–Crippen LogP) is 5.90. The van der Waals surface area contributed by atoms with Gasteiger partial charge in [0.1, 0.15) is 29.2 Å². The molecule has 1 aliphatic rings. The van der Waals surface area contributed by atoms with Crippen molar-refractivity contribution in [2.75, 3.05) is 20.1 Å². The smallest absolute Gasteiger partial charge is 0.157 e. The van der Waals surface area contributed by atoms with E-state index in [1.54, 1.807) is 18.3 Å². The molecule has 0 bridgehead atoms. The van der Waals surface area contributed by atoms with Gasteiger partial charge in [0.2, 0.25) is 0 Å². The summed E-state index contributed by atoms with van der Waals surface area (Å²) in [6.07, 6.45) is 3.00. The molecule has 3 N–H and O–H groups in total. The van der Waals surface area contributed by atoms with Crippen molar-refractivity contribution >= 4 is 11.0 Å². The summed E-state index contributed by atoms with van der Waals surface area (Å²) >= 11 is 0. The van der Waals surface area contributed by atoms with Gasteiger partial charge in [-0.05, 0) is 61.9 Å². The summed E-state index contributed by atoms with van der Waals surface area (Å²) in [5.74, 6) is 1.73. The SMILES string of the molecule is CNCC(O)N1CCCC1c1cc2[nH]c(-c3ccccn3)nc2cc1Oc1ccc(-c2ccccc2F)cc1. The molecule has 0 saturated carbocycles. The molecule has 2 aromatic heterocycles. The van der Waals surface area contributed by atoms with E-state index in [-0.39, 0.29) is 11.9 Å². The molecular formula is C31H30FN5O2. The van der Waals surface area contributed by atoms with Gasteiger partial charge in [0, 0.05) is 42.5 Å². The summed E-state index contributed by atoms with van der Waals surface area (Å²) in [5, 5.41) is 13.9. The number of hydrogen-bond donors (Lipinski definition) is 3. The van der Waals surface area contributed by atoms with E-state index >= 15 is 0 Å². The molecule has 0 amide bonds. The molecule has 1 saturated heterocycles. The molecule has 0 spiro atoms. The monoisotopic (exact) mass is 523 g/mol. The fraction of sp³-hybridized carbons (Fsp3) is 0.226. The fourth-order valence-corrected chi connectivity index (χ4v) is 5.33. The van der Waals surface area contributed by atoms with Gasteiger partial charge >= 0.3 is 0 Å². The Hall–Kier alpha value is -4.11. The number of aliphatic hydroxyl groups is 1. The first kappa shape index (κ1) is 25.2. The van der Waals surface area contributed by atoms with Crippen LogP contribution in [0.4, 0.5) is 4.39 Å². The Labute approximate surface area is 226 Å². The predicted molar refractivity (Wildman–Crippen MR) is 150 cm³/mol. The van der Waals surface area contributed by atoms with E-state index in [9.17, 15) is 9.50 Å². The van der Waals surface area contributed by atoms with Crippen LogP contribution < -0.4 is 10.1 Å². The Morgan fingerprint density at radius 2 is 1.92 bits per heavy atom. The fourth-order valence-electron chi connectivity index (χ4n) is 5.33. The van der Waals surface area contributed by atoms with Crippen molar-refractivity contribution in [3.8, 4) is 34.1 Å². The normalized spacial score (nSPS) is 16.5. The number of halogens is 1. The number of hydrogen-bond acceptors (Lipinski definition) is 6. The van der Waals surface area contributed by atoms with Crippen LogP contribution in [-0.4, -0.2) is 51.3 Å². The van der Waals surface area contributed by atoms with Crippen LogP contribution in [0.5, 0.6) is 11.5 Å². The summed E-state index contributed by atoms with van der Waals surface area (Å²) in [5.41, 5.74) is 4.70. The molecule has 39 heavy (non-hydrogen) atoms. The van der Waals surface area contributed by atoms with Crippen LogP contribution in [0.25, 0.3) is 33.7 Å². The van der Waals surface area contributed by atoms with Crippen LogP contribution in [0.1, 0.15) is 24.4 Å². The number of nitrogens with zero attached hydrogens (tertiary/aromatic N) is 3. The second-order valence-electron chi connectivity index (χ2n) is 9.75. The van der Waals surface area contributed by atoms with E-state index in [0.29, 0.717) is 29.4 Å². The van der Waals surface area contributed by atoms with E-state index in [1.807, 2.05) is 61.6 Å². The van der Waals surface area contributed by atoms with Gasteiger partial charge in [0.25, 0.3) is 0 Å². The van der Waals surface area contributed by atoms with Crippen LogP contribution in [-0.2, 0) is 0 Å². The van der Waals surface area contributed by atoms with E-state index in [4.69, 9.17) is 9.72 Å². The zero-order valence-corrected chi connectivity index (χ0v) is 21.6. The van der Waals surface area contributed by atoms with Crippen molar-refractivity contribution in [3.63, 3.8) is 0 Å². The largest absolute Gasteiger partial charge is 0.457 e. The lowest BCUT2D eigenvalue weighted by molar-refractivity contribution is -0.00355. The summed E-state index contributed by atoms with van der Waals surface area (Å²) < 4.78 is 20.8. The van der Waals surface area contributed by atoms with Crippen molar-refractivity contribution < 1.29 is 14.2 Å². The molecule has 6 rings (SSSR count). The Bertz CT molecular complexity index is 1570. The molecule has 1 aliphatic heterocycles. The number of aliphatic hydroxyl groups excluding tert-OH is 1. The first-order valence-corrected chi connectivity index (χ1v) is 13.2. The molecule has 7 nitrogen and oxygen atoms in total. The second kappa shape index (κ2) is 10.9. The first-order chi connectivity index (χ1) is 19.1. The molecule has 8 heteroatoms. The number of likely N-dealkylation sites (tertiary alicyclic amines) is 1. The topological polar surface area (TPSA) is 86.3 Å². The number of pyridine rings is 1. The minimum atomic E-state index is -0.614. The van der Waals surface area contributed by atoms with Crippen LogP contribution >= 0.6 is 0 Å². The van der Waals surface area contributed by atoms with E-state index in [1.165, 1.54) is 6.07 Å². The van der Waals surface area contributed by atoms with Crippen molar-refractivity contribution in [2.24, 2.45) is 0 Å². The minimum absolute atomic E-state index is 0.0213. The number of imidazole rings is 1. The Kier molecular flexibility index (Phi) is 7.06. The first-order valence-electron chi connectivity index (χ1n) is 13.2. The van der Waals surface area contributed by atoms with Gasteiger partial charge in [-0.2, -0.15) is 0 Å². The van der Waals surface area contributed by atoms with E-state index in [2.05, 4.69) is 26.3 Å². The molecule has 2 unspecified atom stereocenters. The van der Waals surface area contributed by atoms with Crippen LogP contribution in [0, 0.1) is 5.82 Å². The number of rotatable bonds is 8. The molecule has 198 valence electrons. The van der Waals surface area contributed by atoms with Crippen molar-refractivity contribution in [2.45, 2.75) is 25.1 Å². The van der Waals surface area contributed by atoms with Gasteiger partial charge in [-0.15, -0.1) is 0 Å². The maximum absolute atomic E-state index is 14.3. The number of ether oxygens (including phenoxy) is 1. The van der Waals surface area contributed by atoms with E-state index in [0.717, 1.165) is 47.2 Å². The Balaban J connectivity index is 1.39. The number of likely N-dealkylation sites (N-methyl/N-ethyl adjacent to an activating group) is 1. The highest BCUT2D eigenvalue weighted by Gasteiger charge is 2.33. The van der Waals surface area contributed by atoms with Gasteiger partial charge < -0.3 is 20.1 Å². The Morgan fingerprint density at radius 3 is 2.69 bits per heavy atom. The van der Waals surface area contributed by atoms with Crippen LogP contribution in [0.3, 0.4) is 0 Å². The van der Waals surface area contributed by atoms with Crippen molar-refractivity contribution in [1.82, 2.24) is 25.2 Å². The number of aromatic amines is 1. The lowest BCUT2D eigenvalue weighted by atomic mass is 10.0. The highest BCUT2D eigenvalue weighted by atomic mass is 19.1. The van der Waals surface area contributed by atoms with Crippen molar-refractivity contribution in [1.29, 1.82) is 0 Å². The van der Waals surface area contributed by atoms with E-state index < -0.39 is 6.23 Å². The number of aromatic nitrogens is 3. The third kappa shape index (κ3) is 5.14. The standard InChI is InChI=1S/C31H30FN5O2/c1-33-19-30(38)37-16-6-10-28(37)23-17-26-27(36-31(35-26)25-9-4-5-15-34-25)18-29(23)39-21-13-11-20(12-14-21)22-7-2-3-8-24(22)32/h2-5,7-9,11-15,17-18,28,30,33,38H,6,10,16,19H2,1H3,(H,35,36). The number of benzene rings is 3. The molecule has 5 aromatic rings. The van der Waals surface area contributed by atoms with Crippen molar-refractivity contribution in [3.05, 3.63) is 96.4 Å². The molecule has 2 atom stereocenters. The zero-order chi connectivity index (χ0) is 26.8. The zero-order valence-electron chi connectivity index (χ0n) is 21.6. The number of nitrogens with one attached hydrogen (secondary N) is 2. The molecule has 3 heterocycles. The Morgan fingerprint density at radius 1 is 1.10 bits per heavy atom. The number of fused-ring (bicyclic) bond motifs is 1. The lowest BCUT2D eigenvalue weighted by Gasteiger charge is -2.30. The van der Waals surface area contributed by atoms with Gasteiger partial charge in [-0.25, -0.2) is 9.37 Å². The molecular weight excluding hydrogens is 493 g/mol. The average Bonchev–Trinajstić information content (AvgIpc) is 3.61. The number of H-pyrrole nitrogens is 1. The summed E-state index contributed by atoms with van der Waals surface area (Å²) in [6.45, 7) is 1.27. The maximum atomic E-state index is 14.3. The summed E-state index contributed by atoms with van der Waals surface area (Å²) in [7, 11) is 1.84.